The maximum atomic E-state index is 13.0. The molecule has 2 rings (SSSR count). The van der Waals surface area contributed by atoms with E-state index in [9.17, 15) is 9.59 Å². The summed E-state index contributed by atoms with van der Waals surface area (Å²) >= 11 is 0. The molecule has 0 aliphatic carbocycles. The molecule has 0 bridgehead atoms. The van der Waals surface area contributed by atoms with E-state index in [0.29, 0.717) is 23.0 Å². The van der Waals surface area contributed by atoms with Gasteiger partial charge in [0.05, 0.1) is 24.3 Å². The topological polar surface area (TPSA) is 86.1 Å². The molecule has 0 saturated carbocycles. The molecule has 2 aromatic heterocycles. The lowest BCUT2D eigenvalue weighted by molar-refractivity contribution is -0.143. The normalized spacial score (nSPS) is 12.8. The first kappa shape index (κ1) is 20.9. The van der Waals surface area contributed by atoms with Crippen LogP contribution < -0.4 is 5.32 Å². The van der Waals surface area contributed by atoms with Crippen molar-refractivity contribution < 1.29 is 14.3 Å². The van der Waals surface area contributed by atoms with Crippen molar-refractivity contribution in [3.8, 4) is 0 Å². The molecular formula is C20H30N4O3. The van der Waals surface area contributed by atoms with Crippen LogP contribution in [0.4, 0.5) is 0 Å². The number of pyridine rings is 1. The number of methoxy groups -OCH3 is 1. The molecule has 1 atom stereocenters. The highest BCUT2D eigenvalue weighted by atomic mass is 16.5. The Balaban J connectivity index is 2.49. The Morgan fingerprint density at radius 3 is 2.37 bits per heavy atom. The molecule has 0 aromatic carbocycles. The van der Waals surface area contributed by atoms with Crippen LogP contribution in [0.3, 0.4) is 0 Å². The van der Waals surface area contributed by atoms with Gasteiger partial charge in [0.15, 0.2) is 5.65 Å². The van der Waals surface area contributed by atoms with E-state index in [0.717, 1.165) is 5.69 Å². The number of esters is 1. The number of nitrogens with one attached hydrogen (secondary N) is 1. The largest absolute Gasteiger partial charge is 0.467 e. The number of carbonyl (C=O) groups excluding carboxylic acids is 2. The summed E-state index contributed by atoms with van der Waals surface area (Å²) in [7, 11) is 1.33. The number of fused-ring (bicyclic) bond motifs is 1. The summed E-state index contributed by atoms with van der Waals surface area (Å²) in [6.07, 6.45) is 2.17. The lowest BCUT2D eigenvalue weighted by atomic mass is 10.0. The molecule has 2 heterocycles. The van der Waals surface area contributed by atoms with Crippen molar-refractivity contribution in [3.05, 3.63) is 23.5 Å². The van der Waals surface area contributed by atoms with E-state index >= 15 is 0 Å². The van der Waals surface area contributed by atoms with E-state index in [1.165, 1.54) is 7.11 Å². The Bertz CT molecular complexity index is 824. The second-order valence-corrected chi connectivity index (χ2v) is 7.85. The van der Waals surface area contributed by atoms with Gasteiger partial charge in [-0.25, -0.2) is 14.5 Å². The molecule has 0 aliphatic heterocycles. The van der Waals surface area contributed by atoms with Crippen LogP contribution in [0.25, 0.3) is 11.0 Å². The molecule has 1 amide bonds. The van der Waals surface area contributed by atoms with Gasteiger partial charge in [-0.15, -0.1) is 0 Å². The predicted octanol–water partition coefficient (Wildman–Crippen LogP) is 3.45. The average Bonchev–Trinajstić information content (AvgIpc) is 3.03. The van der Waals surface area contributed by atoms with E-state index in [4.69, 9.17) is 9.72 Å². The molecule has 0 spiro atoms. The van der Waals surface area contributed by atoms with Crippen LogP contribution in [0.5, 0.6) is 0 Å². The zero-order valence-electron chi connectivity index (χ0n) is 17.2. The standard InChI is InChI=1S/C20H30N4O3/c1-11(2)8-17(20(26)27-7)23-19(25)14-9-16(12(3)4)22-18-15(14)10-21-24(18)13(5)6/h9-13,17H,8H2,1-7H3,(H,23,25). The molecule has 148 valence electrons. The van der Waals surface area contributed by atoms with E-state index in [2.05, 4.69) is 10.4 Å². The smallest absolute Gasteiger partial charge is 0.328 e. The third kappa shape index (κ3) is 4.64. The maximum Gasteiger partial charge on any atom is 0.328 e. The highest BCUT2D eigenvalue weighted by molar-refractivity contribution is 6.06. The Hall–Kier alpha value is -2.44. The molecule has 0 saturated heterocycles. The number of hydrogen-bond donors (Lipinski definition) is 1. The van der Waals surface area contributed by atoms with Crippen LogP contribution in [0.2, 0.25) is 0 Å². The summed E-state index contributed by atoms with van der Waals surface area (Å²) in [5, 5.41) is 7.91. The molecule has 7 nitrogen and oxygen atoms in total. The van der Waals surface area contributed by atoms with Gasteiger partial charge in [0.2, 0.25) is 0 Å². The summed E-state index contributed by atoms with van der Waals surface area (Å²) in [5.41, 5.74) is 1.97. The van der Waals surface area contributed by atoms with Gasteiger partial charge < -0.3 is 10.1 Å². The Morgan fingerprint density at radius 2 is 1.85 bits per heavy atom. The van der Waals surface area contributed by atoms with Gasteiger partial charge in [0.1, 0.15) is 6.04 Å². The fourth-order valence-electron chi connectivity index (χ4n) is 2.96. The molecule has 2 aromatic rings. The van der Waals surface area contributed by atoms with Crippen molar-refractivity contribution in [1.29, 1.82) is 0 Å². The Morgan fingerprint density at radius 1 is 1.19 bits per heavy atom. The third-order valence-electron chi connectivity index (χ3n) is 4.41. The number of rotatable bonds is 7. The first-order chi connectivity index (χ1) is 12.6. The minimum absolute atomic E-state index is 0.122. The second kappa shape index (κ2) is 8.50. The Labute approximate surface area is 160 Å². The predicted molar refractivity (Wildman–Crippen MR) is 105 cm³/mol. The van der Waals surface area contributed by atoms with Crippen molar-refractivity contribution in [2.24, 2.45) is 5.92 Å². The number of ether oxygens (including phenoxy) is 1. The van der Waals surface area contributed by atoms with Gasteiger partial charge in [-0.1, -0.05) is 27.7 Å². The molecular weight excluding hydrogens is 344 g/mol. The summed E-state index contributed by atoms with van der Waals surface area (Å²) in [6, 6.07) is 1.23. The average molecular weight is 374 g/mol. The summed E-state index contributed by atoms with van der Waals surface area (Å²) < 4.78 is 6.66. The van der Waals surface area contributed by atoms with Crippen molar-refractivity contribution in [2.45, 2.75) is 66.0 Å². The first-order valence-electron chi connectivity index (χ1n) is 9.42. The number of amides is 1. The van der Waals surface area contributed by atoms with E-state index in [1.807, 2.05) is 46.2 Å². The number of hydrogen-bond acceptors (Lipinski definition) is 5. The summed E-state index contributed by atoms with van der Waals surface area (Å²) in [4.78, 5) is 29.8. The second-order valence-electron chi connectivity index (χ2n) is 7.85. The van der Waals surface area contributed by atoms with Crippen molar-refractivity contribution >= 4 is 22.9 Å². The maximum absolute atomic E-state index is 13.0. The highest BCUT2D eigenvalue weighted by Gasteiger charge is 2.25. The van der Waals surface area contributed by atoms with E-state index < -0.39 is 12.0 Å². The minimum atomic E-state index is -0.687. The van der Waals surface area contributed by atoms with Crippen LogP contribution in [-0.2, 0) is 9.53 Å². The molecule has 1 N–H and O–H groups in total. The van der Waals surface area contributed by atoms with Gasteiger partial charge in [-0.2, -0.15) is 5.10 Å². The van der Waals surface area contributed by atoms with Gasteiger partial charge in [0, 0.05) is 11.7 Å². The lowest BCUT2D eigenvalue weighted by Crippen LogP contribution is -2.42. The Kier molecular flexibility index (Phi) is 6.57. The van der Waals surface area contributed by atoms with Crippen LogP contribution in [0.1, 0.15) is 76.0 Å². The molecule has 0 radical (unpaired) electrons. The van der Waals surface area contributed by atoms with Crippen molar-refractivity contribution in [1.82, 2.24) is 20.1 Å². The van der Waals surface area contributed by atoms with Gasteiger partial charge >= 0.3 is 5.97 Å². The number of carbonyl (C=O) groups is 2. The zero-order chi connectivity index (χ0) is 20.3. The van der Waals surface area contributed by atoms with Crippen LogP contribution in [-0.4, -0.2) is 39.8 Å². The van der Waals surface area contributed by atoms with E-state index in [1.54, 1.807) is 12.3 Å². The van der Waals surface area contributed by atoms with Gasteiger partial charge in [0.25, 0.3) is 5.91 Å². The molecule has 7 heteroatoms. The number of nitrogens with zero attached hydrogens (tertiary/aromatic N) is 3. The van der Waals surface area contributed by atoms with Gasteiger partial charge in [-0.05, 0) is 38.2 Å². The zero-order valence-corrected chi connectivity index (χ0v) is 17.2. The minimum Gasteiger partial charge on any atom is -0.467 e. The van der Waals surface area contributed by atoms with Crippen LogP contribution in [0, 0.1) is 5.92 Å². The fraction of sp³-hybridized carbons (Fsp3) is 0.600. The van der Waals surface area contributed by atoms with Crippen LogP contribution in [0.15, 0.2) is 12.3 Å². The summed E-state index contributed by atoms with van der Waals surface area (Å²) in [6.45, 7) is 12.1. The SMILES string of the molecule is COC(=O)C(CC(C)C)NC(=O)c1cc(C(C)C)nc2c1cnn2C(C)C. The molecule has 1 unspecified atom stereocenters. The monoisotopic (exact) mass is 374 g/mol. The first-order valence-corrected chi connectivity index (χ1v) is 9.42. The molecule has 0 fully saturated rings. The van der Waals surface area contributed by atoms with Gasteiger partial charge in [-0.3, -0.25) is 4.79 Å². The van der Waals surface area contributed by atoms with E-state index in [-0.39, 0.29) is 23.8 Å². The molecule has 0 aliphatic rings. The quantitative estimate of drug-likeness (QED) is 0.750. The number of aromatic nitrogens is 3. The fourth-order valence-corrected chi connectivity index (χ4v) is 2.96. The highest BCUT2D eigenvalue weighted by Crippen LogP contribution is 2.24. The molecule has 27 heavy (non-hydrogen) atoms. The van der Waals surface area contributed by atoms with Crippen LogP contribution >= 0.6 is 0 Å². The third-order valence-corrected chi connectivity index (χ3v) is 4.41. The van der Waals surface area contributed by atoms with Crippen molar-refractivity contribution in [2.75, 3.05) is 7.11 Å². The van der Waals surface area contributed by atoms with Crippen molar-refractivity contribution in [3.63, 3.8) is 0 Å². The summed E-state index contributed by atoms with van der Waals surface area (Å²) in [5.74, 6) is -0.363. The lowest BCUT2D eigenvalue weighted by Gasteiger charge is -2.19.